The first kappa shape index (κ1) is 13.4. The number of hydrogen-bond donors (Lipinski definition) is 0. The maximum atomic E-state index is 13.8. The number of carbonyl (C=O) groups excluding carboxylic acids is 1. The molecule has 1 aromatic rings. The van der Waals surface area contributed by atoms with Gasteiger partial charge in [0.05, 0.1) is 17.2 Å². The maximum Gasteiger partial charge on any atom is 0.260 e. The quantitative estimate of drug-likeness (QED) is 0.745. The second-order valence-electron chi connectivity index (χ2n) is 4.15. The highest BCUT2D eigenvalue weighted by atomic mass is 79.9. The van der Waals surface area contributed by atoms with Gasteiger partial charge in [0.25, 0.3) is 5.91 Å². The molecule has 1 heterocycles. The third kappa shape index (κ3) is 2.54. The molecule has 0 radical (unpaired) electrons. The first-order valence-electron chi connectivity index (χ1n) is 5.55. The normalized spacial score (nSPS) is 20.0. The predicted octanol–water partition coefficient (Wildman–Crippen LogP) is 2.59. The molecule has 0 aliphatic carbocycles. The Morgan fingerprint density at radius 3 is 2.89 bits per heavy atom. The van der Waals surface area contributed by atoms with Crippen molar-refractivity contribution < 1.29 is 18.3 Å². The molecule has 1 aliphatic heterocycles. The van der Waals surface area contributed by atoms with E-state index in [1.165, 1.54) is 11.0 Å². The Morgan fingerprint density at radius 2 is 2.22 bits per heavy atom. The van der Waals surface area contributed by atoms with Gasteiger partial charge in [-0.25, -0.2) is 8.78 Å². The van der Waals surface area contributed by atoms with Crippen molar-refractivity contribution in [2.75, 3.05) is 19.7 Å². The molecule has 1 saturated heterocycles. The summed E-state index contributed by atoms with van der Waals surface area (Å²) in [5, 5.41) is 0. The fourth-order valence-corrected chi connectivity index (χ4v) is 2.21. The van der Waals surface area contributed by atoms with Crippen molar-refractivity contribution in [3.05, 3.63) is 33.8 Å². The fraction of sp³-hybridized carbons (Fsp3) is 0.417. The summed E-state index contributed by atoms with van der Waals surface area (Å²) >= 11 is 2.95. The van der Waals surface area contributed by atoms with E-state index in [1.807, 2.05) is 6.92 Å². The van der Waals surface area contributed by atoms with Crippen LogP contribution in [0.1, 0.15) is 17.3 Å². The molecule has 1 aromatic carbocycles. The molecular weight excluding hydrogens is 308 g/mol. The first-order chi connectivity index (χ1) is 8.50. The number of amides is 1. The molecule has 1 amide bonds. The Kier molecular flexibility index (Phi) is 3.97. The molecule has 0 spiro atoms. The molecule has 0 N–H and O–H groups in total. The van der Waals surface area contributed by atoms with Crippen molar-refractivity contribution in [2.24, 2.45) is 0 Å². The lowest BCUT2D eigenvalue weighted by molar-refractivity contribution is -0.0127. The van der Waals surface area contributed by atoms with Gasteiger partial charge in [0.1, 0.15) is 11.4 Å². The van der Waals surface area contributed by atoms with E-state index in [0.717, 1.165) is 6.07 Å². The zero-order valence-electron chi connectivity index (χ0n) is 9.75. The van der Waals surface area contributed by atoms with Crippen molar-refractivity contribution in [1.29, 1.82) is 0 Å². The van der Waals surface area contributed by atoms with Crippen molar-refractivity contribution in [3.63, 3.8) is 0 Å². The summed E-state index contributed by atoms with van der Waals surface area (Å²) in [4.78, 5) is 13.5. The first-order valence-corrected chi connectivity index (χ1v) is 6.34. The van der Waals surface area contributed by atoms with Crippen LogP contribution in [-0.2, 0) is 4.74 Å². The van der Waals surface area contributed by atoms with Gasteiger partial charge in [-0.2, -0.15) is 0 Å². The van der Waals surface area contributed by atoms with Crippen LogP contribution in [0.5, 0.6) is 0 Å². The largest absolute Gasteiger partial charge is 0.375 e. The number of hydrogen-bond acceptors (Lipinski definition) is 2. The number of halogens is 3. The van der Waals surface area contributed by atoms with Crippen LogP contribution in [0.3, 0.4) is 0 Å². The number of ether oxygens (including phenoxy) is 1. The highest BCUT2D eigenvalue weighted by Gasteiger charge is 2.27. The van der Waals surface area contributed by atoms with Crippen molar-refractivity contribution >= 4 is 21.8 Å². The van der Waals surface area contributed by atoms with Crippen LogP contribution in [0.2, 0.25) is 0 Å². The van der Waals surface area contributed by atoms with E-state index in [0.29, 0.717) is 19.7 Å². The van der Waals surface area contributed by atoms with Crippen LogP contribution in [0.4, 0.5) is 8.78 Å². The Balaban J connectivity index is 2.31. The highest BCUT2D eigenvalue weighted by molar-refractivity contribution is 9.10. The second-order valence-corrected chi connectivity index (χ2v) is 5.01. The number of carbonyl (C=O) groups is 1. The lowest BCUT2D eigenvalue weighted by Crippen LogP contribution is -2.45. The molecule has 1 atom stereocenters. The standard InChI is InChI=1S/C12H12BrF2NO2/c1-7-6-16(4-5-18-7)12(17)10-9(14)3-2-8(13)11(10)15/h2-3,7H,4-6H2,1H3. The van der Waals surface area contributed by atoms with Crippen molar-refractivity contribution in [3.8, 4) is 0 Å². The van der Waals surface area contributed by atoms with E-state index in [4.69, 9.17) is 4.74 Å². The van der Waals surface area contributed by atoms with Gasteiger partial charge in [-0.15, -0.1) is 0 Å². The van der Waals surface area contributed by atoms with Crippen LogP contribution in [0.15, 0.2) is 16.6 Å². The van der Waals surface area contributed by atoms with Crippen LogP contribution in [0, 0.1) is 11.6 Å². The Hall–Kier alpha value is -1.01. The lowest BCUT2D eigenvalue weighted by Gasteiger charge is -2.31. The highest BCUT2D eigenvalue weighted by Crippen LogP contribution is 2.23. The second kappa shape index (κ2) is 5.32. The minimum atomic E-state index is -0.862. The van der Waals surface area contributed by atoms with Crippen LogP contribution >= 0.6 is 15.9 Å². The van der Waals surface area contributed by atoms with Crippen LogP contribution in [-0.4, -0.2) is 36.6 Å². The number of nitrogens with zero attached hydrogens (tertiary/aromatic N) is 1. The van der Waals surface area contributed by atoms with E-state index in [-0.39, 0.29) is 10.6 Å². The molecule has 0 aromatic heterocycles. The van der Waals surface area contributed by atoms with Gasteiger partial charge in [-0.05, 0) is 35.0 Å². The molecule has 98 valence electrons. The Bertz CT molecular complexity index is 481. The summed E-state index contributed by atoms with van der Waals surface area (Å²) in [6, 6.07) is 2.31. The molecule has 1 unspecified atom stereocenters. The summed E-state index contributed by atoms with van der Waals surface area (Å²) in [7, 11) is 0. The van der Waals surface area contributed by atoms with Gasteiger partial charge in [0.2, 0.25) is 0 Å². The fourth-order valence-electron chi connectivity index (χ4n) is 1.88. The molecule has 3 nitrogen and oxygen atoms in total. The van der Waals surface area contributed by atoms with E-state index < -0.39 is 23.1 Å². The summed E-state index contributed by atoms with van der Waals surface area (Å²) in [5.41, 5.74) is -0.515. The Morgan fingerprint density at radius 1 is 1.50 bits per heavy atom. The average Bonchev–Trinajstić information content (AvgIpc) is 2.34. The number of morpholine rings is 1. The topological polar surface area (TPSA) is 29.5 Å². The van der Waals surface area contributed by atoms with Gasteiger partial charge in [-0.3, -0.25) is 4.79 Å². The lowest BCUT2D eigenvalue weighted by atomic mass is 10.1. The SMILES string of the molecule is CC1CN(C(=O)c2c(F)ccc(Br)c2F)CCO1. The molecular formula is C12H12BrF2NO2. The van der Waals surface area contributed by atoms with Gasteiger partial charge in [-0.1, -0.05) is 0 Å². The van der Waals surface area contributed by atoms with E-state index in [9.17, 15) is 13.6 Å². The van der Waals surface area contributed by atoms with Crippen molar-refractivity contribution in [1.82, 2.24) is 4.90 Å². The number of benzene rings is 1. The van der Waals surface area contributed by atoms with E-state index >= 15 is 0 Å². The van der Waals surface area contributed by atoms with Gasteiger partial charge in [0, 0.05) is 13.1 Å². The molecule has 1 fully saturated rings. The third-order valence-corrected chi connectivity index (χ3v) is 3.40. The van der Waals surface area contributed by atoms with Crippen LogP contribution in [0.25, 0.3) is 0 Å². The van der Waals surface area contributed by atoms with Gasteiger partial charge in [0.15, 0.2) is 5.82 Å². The molecule has 0 saturated carbocycles. The molecule has 18 heavy (non-hydrogen) atoms. The minimum absolute atomic E-state index is 0.0774. The summed E-state index contributed by atoms with van der Waals surface area (Å²) < 4.78 is 32.8. The summed E-state index contributed by atoms with van der Waals surface area (Å²) in [6.07, 6.45) is -0.124. The molecule has 1 aliphatic rings. The average molecular weight is 320 g/mol. The maximum absolute atomic E-state index is 13.8. The monoisotopic (exact) mass is 319 g/mol. The van der Waals surface area contributed by atoms with E-state index in [1.54, 1.807) is 0 Å². The number of rotatable bonds is 1. The van der Waals surface area contributed by atoms with Gasteiger partial charge >= 0.3 is 0 Å². The van der Waals surface area contributed by atoms with E-state index in [2.05, 4.69) is 15.9 Å². The smallest absolute Gasteiger partial charge is 0.260 e. The Labute approximate surface area is 112 Å². The van der Waals surface area contributed by atoms with Crippen molar-refractivity contribution in [2.45, 2.75) is 13.0 Å². The molecule has 6 heteroatoms. The summed E-state index contributed by atoms with van der Waals surface area (Å²) in [5.74, 6) is -2.35. The van der Waals surface area contributed by atoms with Gasteiger partial charge < -0.3 is 9.64 Å². The molecule has 0 bridgehead atoms. The van der Waals surface area contributed by atoms with Crippen LogP contribution < -0.4 is 0 Å². The third-order valence-electron chi connectivity index (χ3n) is 2.79. The predicted molar refractivity (Wildman–Crippen MR) is 65.4 cm³/mol. The minimum Gasteiger partial charge on any atom is -0.375 e. The zero-order valence-corrected chi connectivity index (χ0v) is 11.3. The zero-order chi connectivity index (χ0) is 13.3. The molecule has 2 rings (SSSR count). The summed E-state index contributed by atoms with van der Waals surface area (Å²) in [6.45, 7) is 2.87.